The molecule has 2 atom stereocenters. The van der Waals surface area contributed by atoms with Gasteiger partial charge < -0.3 is 41.0 Å². The Balaban J connectivity index is 0.000000221. The van der Waals surface area contributed by atoms with E-state index in [9.17, 15) is 10.2 Å². The lowest BCUT2D eigenvalue weighted by molar-refractivity contribution is -0.159. The van der Waals surface area contributed by atoms with Crippen LogP contribution in [0.15, 0.2) is 60.9 Å². The summed E-state index contributed by atoms with van der Waals surface area (Å²) < 4.78 is 0. The van der Waals surface area contributed by atoms with E-state index in [1.165, 1.54) is 0 Å². The number of fused-ring (bicyclic) bond motifs is 2. The van der Waals surface area contributed by atoms with Crippen LogP contribution in [-0.2, 0) is 9.59 Å². The van der Waals surface area contributed by atoms with E-state index in [-0.39, 0.29) is 0 Å². The quantitative estimate of drug-likeness (QED) is 0.161. The van der Waals surface area contributed by atoms with Gasteiger partial charge in [-0.2, -0.15) is 0 Å². The molecule has 206 valence electrons. The predicted octanol–water partition coefficient (Wildman–Crippen LogP) is 3.55. The molecule has 0 saturated heterocycles. The summed E-state index contributed by atoms with van der Waals surface area (Å²) in [7, 11) is 0. The molecular formula is C28H38N4O6. The Hall–Kier alpha value is -3.70. The predicted molar refractivity (Wildman–Crippen MR) is 148 cm³/mol. The summed E-state index contributed by atoms with van der Waals surface area (Å²) >= 11 is 0. The van der Waals surface area contributed by atoms with Gasteiger partial charge in [-0.3, -0.25) is 0 Å². The first kappa shape index (κ1) is 30.5. The Labute approximate surface area is 221 Å². The van der Waals surface area contributed by atoms with E-state index in [1.807, 2.05) is 60.9 Å². The van der Waals surface area contributed by atoms with E-state index in [0.29, 0.717) is 25.2 Å². The Morgan fingerprint density at radius 2 is 1.05 bits per heavy atom. The van der Waals surface area contributed by atoms with E-state index in [1.54, 1.807) is 0 Å². The summed E-state index contributed by atoms with van der Waals surface area (Å²) in [6, 6.07) is 16.7. The zero-order valence-electron chi connectivity index (χ0n) is 22.1. The van der Waals surface area contributed by atoms with Crippen molar-refractivity contribution in [3.8, 4) is 0 Å². The Morgan fingerprint density at radius 3 is 1.37 bits per heavy atom. The van der Waals surface area contributed by atoms with Crippen molar-refractivity contribution in [1.82, 2.24) is 20.6 Å². The van der Waals surface area contributed by atoms with Crippen LogP contribution in [-0.4, -0.2) is 67.5 Å². The number of nitrogens with one attached hydrogen (secondary N) is 4. The molecule has 0 saturated carbocycles. The van der Waals surface area contributed by atoms with Crippen LogP contribution in [0.3, 0.4) is 0 Å². The highest BCUT2D eigenvalue weighted by Crippen LogP contribution is 2.24. The van der Waals surface area contributed by atoms with Crippen molar-refractivity contribution >= 4 is 33.7 Å². The molecular weight excluding hydrogens is 488 g/mol. The zero-order valence-corrected chi connectivity index (χ0v) is 22.1. The molecule has 0 spiro atoms. The number of rotatable bonds is 8. The lowest BCUT2D eigenvalue weighted by Crippen LogP contribution is -2.27. The maximum absolute atomic E-state index is 10.1. The SMILES string of the molecule is CC(C)NCC(O)c1cccc2[nH]ccc12.CC(C)NCC(O)c1cccc2[nH]ccc12.O=C(O)C(=O)O. The molecule has 0 radical (unpaired) electrons. The van der Waals surface area contributed by atoms with E-state index < -0.39 is 24.1 Å². The molecule has 8 N–H and O–H groups in total. The number of aromatic amines is 2. The molecule has 0 bridgehead atoms. The summed E-state index contributed by atoms with van der Waals surface area (Å²) in [6.07, 6.45) is 2.89. The Bertz CT molecular complexity index is 1200. The molecule has 10 heteroatoms. The average Bonchev–Trinajstić information content (AvgIpc) is 3.55. The summed E-state index contributed by atoms with van der Waals surface area (Å²) in [5.74, 6) is -3.65. The molecule has 2 unspecified atom stereocenters. The topological polar surface area (TPSA) is 171 Å². The number of hydrogen-bond donors (Lipinski definition) is 8. The van der Waals surface area contributed by atoms with Gasteiger partial charge in [0.05, 0.1) is 12.2 Å². The van der Waals surface area contributed by atoms with Crippen LogP contribution >= 0.6 is 0 Å². The van der Waals surface area contributed by atoms with Crippen molar-refractivity contribution in [2.45, 2.75) is 52.0 Å². The first-order valence-electron chi connectivity index (χ1n) is 12.4. The molecule has 2 aromatic heterocycles. The van der Waals surface area contributed by atoms with E-state index in [2.05, 4.69) is 48.3 Å². The van der Waals surface area contributed by atoms with Gasteiger partial charge in [0.25, 0.3) is 0 Å². The highest BCUT2D eigenvalue weighted by atomic mass is 16.4. The normalized spacial score (nSPS) is 12.5. The number of benzene rings is 2. The van der Waals surface area contributed by atoms with Crippen molar-refractivity contribution in [3.63, 3.8) is 0 Å². The maximum atomic E-state index is 10.1. The van der Waals surface area contributed by atoms with Crippen LogP contribution < -0.4 is 10.6 Å². The fraction of sp³-hybridized carbons (Fsp3) is 0.357. The number of hydrogen-bond acceptors (Lipinski definition) is 6. The van der Waals surface area contributed by atoms with Gasteiger partial charge in [-0.05, 0) is 35.4 Å². The number of carbonyl (C=O) groups is 2. The van der Waals surface area contributed by atoms with Gasteiger partial charge in [-0.15, -0.1) is 0 Å². The monoisotopic (exact) mass is 526 g/mol. The number of aliphatic hydroxyl groups is 2. The van der Waals surface area contributed by atoms with Crippen molar-refractivity contribution in [2.75, 3.05) is 13.1 Å². The summed E-state index contributed by atoms with van der Waals surface area (Å²) in [5, 5.41) is 43.7. The maximum Gasteiger partial charge on any atom is 0.414 e. The van der Waals surface area contributed by atoms with E-state index in [4.69, 9.17) is 19.8 Å². The summed E-state index contributed by atoms with van der Waals surface area (Å²) in [5.41, 5.74) is 4.10. The number of aliphatic hydroxyl groups excluding tert-OH is 2. The Morgan fingerprint density at radius 1 is 0.684 bits per heavy atom. The number of aromatic nitrogens is 2. The molecule has 4 rings (SSSR count). The van der Waals surface area contributed by atoms with Crippen molar-refractivity contribution < 1.29 is 30.0 Å². The van der Waals surface area contributed by atoms with Crippen LogP contribution in [0, 0.1) is 0 Å². The highest BCUT2D eigenvalue weighted by molar-refractivity contribution is 6.27. The fourth-order valence-corrected chi connectivity index (χ4v) is 3.72. The average molecular weight is 527 g/mol. The smallest absolute Gasteiger partial charge is 0.414 e. The van der Waals surface area contributed by atoms with Crippen LogP contribution in [0.5, 0.6) is 0 Å². The molecule has 0 fully saturated rings. The third-order valence-corrected chi connectivity index (χ3v) is 5.60. The van der Waals surface area contributed by atoms with Gasteiger partial charge in [0.2, 0.25) is 0 Å². The Kier molecular flexibility index (Phi) is 12.0. The molecule has 10 nitrogen and oxygen atoms in total. The van der Waals surface area contributed by atoms with Gasteiger partial charge in [-0.25, -0.2) is 9.59 Å². The van der Waals surface area contributed by atoms with Gasteiger partial charge in [0.1, 0.15) is 0 Å². The minimum absolute atomic E-state index is 0.389. The van der Waals surface area contributed by atoms with Gasteiger partial charge >= 0.3 is 11.9 Å². The number of carboxylic acid groups (broad SMARTS) is 2. The third kappa shape index (κ3) is 9.31. The summed E-state index contributed by atoms with van der Waals surface area (Å²) in [6.45, 7) is 9.46. The zero-order chi connectivity index (χ0) is 28.2. The van der Waals surface area contributed by atoms with Crippen LogP contribution in [0.1, 0.15) is 51.0 Å². The standard InChI is InChI=1S/2C13H18N2O.C2H2O4/c2*1-9(2)15-8-13(16)11-4-3-5-12-10(11)6-7-14-12;3-1(4)2(5)6/h2*3-7,9,13-16H,8H2,1-2H3;(H,3,4)(H,5,6). The lowest BCUT2D eigenvalue weighted by Gasteiger charge is -2.15. The second-order valence-electron chi connectivity index (χ2n) is 9.34. The number of carboxylic acids is 2. The van der Waals surface area contributed by atoms with Crippen LogP contribution in [0.25, 0.3) is 21.8 Å². The first-order chi connectivity index (χ1) is 18.0. The van der Waals surface area contributed by atoms with Crippen molar-refractivity contribution in [1.29, 1.82) is 0 Å². The van der Waals surface area contributed by atoms with Crippen LogP contribution in [0.2, 0.25) is 0 Å². The molecule has 0 aliphatic heterocycles. The fourth-order valence-electron chi connectivity index (χ4n) is 3.72. The molecule has 38 heavy (non-hydrogen) atoms. The molecule has 2 aromatic carbocycles. The summed E-state index contributed by atoms with van der Waals surface area (Å²) in [4.78, 5) is 24.5. The molecule has 0 aliphatic carbocycles. The lowest BCUT2D eigenvalue weighted by atomic mass is 10.0. The van der Waals surface area contributed by atoms with E-state index >= 15 is 0 Å². The van der Waals surface area contributed by atoms with Gasteiger partial charge in [-0.1, -0.05) is 52.0 Å². The van der Waals surface area contributed by atoms with Crippen LogP contribution in [0.4, 0.5) is 0 Å². The molecule has 4 aromatic rings. The first-order valence-corrected chi connectivity index (χ1v) is 12.4. The minimum Gasteiger partial charge on any atom is -0.473 e. The largest absolute Gasteiger partial charge is 0.473 e. The van der Waals surface area contributed by atoms with Gasteiger partial charge in [0, 0.05) is 59.4 Å². The number of aliphatic carboxylic acids is 2. The van der Waals surface area contributed by atoms with E-state index in [0.717, 1.165) is 32.9 Å². The highest BCUT2D eigenvalue weighted by Gasteiger charge is 2.12. The number of H-pyrrole nitrogens is 2. The van der Waals surface area contributed by atoms with Gasteiger partial charge in [0.15, 0.2) is 0 Å². The molecule has 0 aliphatic rings. The second-order valence-corrected chi connectivity index (χ2v) is 9.34. The molecule has 2 heterocycles. The molecule has 0 amide bonds. The van der Waals surface area contributed by atoms with Crippen molar-refractivity contribution in [2.24, 2.45) is 0 Å². The third-order valence-electron chi connectivity index (χ3n) is 5.60. The second kappa shape index (κ2) is 14.9. The van der Waals surface area contributed by atoms with Crippen molar-refractivity contribution in [3.05, 3.63) is 72.1 Å². The minimum atomic E-state index is -1.82.